The van der Waals surface area contributed by atoms with Crippen LogP contribution < -0.4 is 5.32 Å². The number of furan rings is 1. The lowest BCUT2D eigenvalue weighted by Crippen LogP contribution is -2.13. The highest BCUT2D eigenvalue weighted by Gasteiger charge is 2.13. The molecular formula is C20H12ClN3O4. The predicted molar refractivity (Wildman–Crippen MR) is 104 cm³/mol. The second kappa shape index (κ2) is 8.20. The van der Waals surface area contributed by atoms with Gasteiger partial charge in [0.25, 0.3) is 11.6 Å². The van der Waals surface area contributed by atoms with E-state index in [2.05, 4.69) is 5.32 Å². The third kappa shape index (κ3) is 4.44. The van der Waals surface area contributed by atoms with Gasteiger partial charge in [0, 0.05) is 34.5 Å². The third-order valence-electron chi connectivity index (χ3n) is 3.72. The fourth-order valence-corrected chi connectivity index (χ4v) is 2.51. The van der Waals surface area contributed by atoms with Crippen molar-refractivity contribution in [3.63, 3.8) is 0 Å². The number of amides is 1. The van der Waals surface area contributed by atoms with Crippen molar-refractivity contribution < 1.29 is 14.1 Å². The third-order valence-corrected chi connectivity index (χ3v) is 3.97. The number of benzene rings is 2. The molecule has 0 atom stereocenters. The highest BCUT2D eigenvalue weighted by molar-refractivity contribution is 6.30. The molecule has 1 heterocycles. The molecule has 0 saturated carbocycles. The summed E-state index contributed by atoms with van der Waals surface area (Å²) < 4.78 is 5.61. The van der Waals surface area contributed by atoms with E-state index in [0.717, 1.165) is 0 Å². The van der Waals surface area contributed by atoms with Crippen LogP contribution in [0.2, 0.25) is 5.02 Å². The topological polar surface area (TPSA) is 109 Å². The van der Waals surface area contributed by atoms with E-state index in [1.807, 2.05) is 6.07 Å². The highest BCUT2D eigenvalue weighted by atomic mass is 35.5. The lowest BCUT2D eigenvalue weighted by Gasteiger charge is -2.03. The van der Waals surface area contributed by atoms with Crippen LogP contribution in [0.15, 0.2) is 70.7 Å². The van der Waals surface area contributed by atoms with Crippen LogP contribution in [0.4, 0.5) is 11.4 Å². The number of halogens is 1. The lowest BCUT2D eigenvalue weighted by molar-refractivity contribution is -0.384. The molecule has 0 spiro atoms. The average molecular weight is 394 g/mol. The number of nitrogens with zero attached hydrogens (tertiary/aromatic N) is 2. The summed E-state index contributed by atoms with van der Waals surface area (Å²) in [5, 5.41) is 23.3. The van der Waals surface area contributed by atoms with Crippen molar-refractivity contribution >= 4 is 35.0 Å². The number of nitrogens with one attached hydrogen (secondary N) is 1. The van der Waals surface area contributed by atoms with Crippen LogP contribution in [-0.4, -0.2) is 10.8 Å². The van der Waals surface area contributed by atoms with Crippen molar-refractivity contribution in [1.82, 2.24) is 0 Å². The minimum Gasteiger partial charge on any atom is -0.457 e. The minimum atomic E-state index is -0.599. The van der Waals surface area contributed by atoms with Gasteiger partial charge in [0.2, 0.25) is 0 Å². The molecule has 0 fully saturated rings. The van der Waals surface area contributed by atoms with Crippen molar-refractivity contribution in [2.45, 2.75) is 0 Å². The molecule has 0 aliphatic rings. The van der Waals surface area contributed by atoms with Crippen molar-refractivity contribution in [3.8, 4) is 17.4 Å². The Morgan fingerprint density at radius 1 is 1.18 bits per heavy atom. The fraction of sp³-hybridized carbons (Fsp3) is 0. The second-order valence-electron chi connectivity index (χ2n) is 5.64. The zero-order valence-corrected chi connectivity index (χ0v) is 15.0. The van der Waals surface area contributed by atoms with Crippen molar-refractivity contribution in [1.29, 1.82) is 5.26 Å². The average Bonchev–Trinajstić information content (AvgIpc) is 3.16. The summed E-state index contributed by atoms with van der Waals surface area (Å²) in [6.07, 6.45) is 1.30. The Morgan fingerprint density at radius 2 is 1.93 bits per heavy atom. The molecule has 3 rings (SSSR count). The van der Waals surface area contributed by atoms with Crippen molar-refractivity contribution in [2.24, 2.45) is 0 Å². The molecule has 1 N–H and O–H groups in total. The molecule has 7 nitrogen and oxygen atoms in total. The summed E-state index contributed by atoms with van der Waals surface area (Å²) >= 11 is 5.80. The maximum atomic E-state index is 12.3. The van der Waals surface area contributed by atoms with Gasteiger partial charge in [-0.25, -0.2) is 0 Å². The van der Waals surface area contributed by atoms with E-state index in [-0.39, 0.29) is 17.0 Å². The first-order chi connectivity index (χ1) is 13.5. The van der Waals surface area contributed by atoms with Gasteiger partial charge in [0.15, 0.2) is 0 Å². The quantitative estimate of drug-likeness (QED) is 0.282. The van der Waals surface area contributed by atoms with Crippen LogP contribution in [0.5, 0.6) is 0 Å². The van der Waals surface area contributed by atoms with Gasteiger partial charge in [-0.2, -0.15) is 5.26 Å². The molecule has 2 aromatic carbocycles. The number of anilines is 1. The summed E-state index contributed by atoms with van der Waals surface area (Å²) in [6, 6.07) is 17.4. The predicted octanol–water partition coefficient (Wildman–Crippen LogP) is 5.05. The number of carbonyl (C=O) groups is 1. The van der Waals surface area contributed by atoms with E-state index in [0.29, 0.717) is 22.0 Å². The van der Waals surface area contributed by atoms with E-state index < -0.39 is 10.8 Å². The fourth-order valence-electron chi connectivity index (χ4n) is 2.38. The maximum absolute atomic E-state index is 12.3. The van der Waals surface area contributed by atoms with Crippen LogP contribution in [0, 0.1) is 21.4 Å². The molecule has 0 saturated heterocycles. The van der Waals surface area contributed by atoms with Gasteiger partial charge in [-0.3, -0.25) is 14.9 Å². The minimum absolute atomic E-state index is 0.0638. The number of rotatable bonds is 5. The van der Waals surface area contributed by atoms with Gasteiger partial charge in [0.05, 0.1) is 4.92 Å². The molecule has 0 unspecified atom stereocenters. The Morgan fingerprint density at radius 3 is 2.61 bits per heavy atom. The summed E-state index contributed by atoms with van der Waals surface area (Å²) in [5.74, 6) is 0.0489. The van der Waals surface area contributed by atoms with Crippen molar-refractivity contribution in [2.75, 3.05) is 5.32 Å². The molecule has 0 aliphatic carbocycles. The molecule has 8 heteroatoms. The van der Waals surface area contributed by atoms with Crippen LogP contribution in [0.25, 0.3) is 17.4 Å². The van der Waals surface area contributed by atoms with Crippen LogP contribution >= 0.6 is 11.6 Å². The largest absolute Gasteiger partial charge is 0.457 e. The Bertz CT molecular complexity index is 1110. The number of hydrogen-bond donors (Lipinski definition) is 1. The Hall–Kier alpha value is -3.89. The number of nitro benzene ring substituents is 1. The smallest absolute Gasteiger partial charge is 0.270 e. The van der Waals surface area contributed by atoms with E-state index in [4.69, 9.17) is 16.0 Å². The molecule has 28 heavy (non-hydrogen) atoms. The number of nitro groups is 1. The highest BCUT2D eigenvalue weighted by Crippen LogP contribution is 2.26. The molecule has 0 bridgehead atoms. The zero-order valence-electron chi connectivity index (χ0n) is 14.3. The summed E-state index contributed by atoms with van der Waals surface area (Å²) in [5.41, 5.74) is 0.784. The van der Waals surface area contributed by atoms with Crippen LogP contribution in [-0.2, 0) is 4.79 Å². The number of hydrogen-bond acceptors (Lipinski definition) is 5. The van der Waals surface area contributed by atoms with Crippen LogP contribution in [0.1, 0.15) is 5.76 Å². The first-order valence-electron chi connectivity index (χ1n) is 7.99. The Balaban J connectivity index is 1.81. The van der Waals surface area contributed by atoms with Gasteiger partial charge in [-0.05, 0) is 36.4 Å². The van der Waals surface area contributed by atoms with Gasteiger partial charge >= 0.3 is 0 Å². The van der Waals surface area contributed by atoms with Gasteiger partial charge in [-0.1, -0.05) is 23.7 Å². The maximum Gasteiger partial charge on any atom is 0.270 e. The Labute approximate surface area is 164 Å². The number of nitriles is 1. The summed E-state index contributed by atoms with van der Waals surface area (Å²) in [7, 11) is 0. The van der Waals surface area contributed by atoms with E-state index in [1.165, 1.54) is 18.2 Å². The SMILES string of the molecule is N#CC(=Cc1ccc(-c2cccc([N+](=O)[O-])c2)o1)C(=O)Nc1ccc(Cl)cc1. The molecule has 3 aromatic rings. The van der Waals surface area contributed by atoms with Gasteiger partial charge in [0.1, 0.15) is 23.2 Å². The van der Waals surface area contributed by atoms with Gasteiger partial charge in [-0.15, -0.1) is 0 Å². The zero-order chi connectivity index (χ0) is 20.1. The summed E-state index contributed by atoms with van der Waals surface area (Å²) in [6.45, 7) is 0. The second-order valence-corrected chi connectivity index (χ2v) is 6.08. The molecule has 138 valence electrons. The first kappa shape index (κ1) is 18.9. The molecule has 1 amide bonds. The molecule has 0 aliphatic heterocycles. The van der Waals surface area contributed by atoms with Crippen molar-refractivity contribution in [3.05, 3.63) is 87.1 Å². The standard InChI is InChI=1S/C20H12ClN3O4/c21-15-4-6-16(7-5-15)23-20(25)14(12-22)11-18-8-9-19(28-18)13-2-1-3-17(10-13)24(26)27/h1-11H,(H,23,25). The molecular weight excluding hydrogens is 382 g/mol. The normalized spacial score (nSPS) is 10.9. The van der Waals surface area contributed by atoms with Crippen LogP contribution in [0.3, 0.4) is 0 Å². The molecule has 1 aromatic heterocycles. The van der Waals surface area contributed by atoms with E-state index >= 15 is 0 Å². The van der Waals surface area contributed by atoms with E-state index in [1.54, 1.807) is 48.5 Å². The van der Waals surface area contributed by atoms with E-state index in [9.17, 15) is 20.2 Å². The van der Waals surface area contributed by atoms with Gasteiger partial charge < -0.3 is 9.73 Å². The molecule has 0 radical (unpaired) electrons. The summed E-state index contributed by atoms with van der Waals surface area (Å²) in [4.78, 5) is 22.7. The Kier molecular flexibility index (Phi) is 5.53. The first-order valence-corrected chi connectivity index (χ1v) is 8.37. The number of non-ortho nitro benzene ring substituents is 1. The number of carbonyl (C=O) groups excluding carboxylic acids is 1. The lowest BCUT2D eigenvalue weighted by atomic mass is 10.1. The monoisotopic (exact) mass is 393 g/mol.